The maximum atomic E-state index is 11.0. The molecule has 0 unspecified atom stereocenters. The second kappa shape index (κ2) is 6.36. The summed E-state index contributed by atoms with van der Waals surface area (Å²) in [6.45, 7) is 6.59. The second-order valence-electron chi connectivity index (χ2n) is 5.84. The fraction of sp³-hybridized carbons (Fsp3) is 0.375. The van der Waals surface area contributed by atoms with Crippen LogP contribution in [0.25, 0.3) is 0 Å². The molecule has 0 spiro atoms. The lowest BCUT2D eigenvalue weighted by Gasteiger charge is -2.14. The van der Waals surface area contributed by atoms with E-state index >= 15 is 0 Å². The molecule has 0 aliphatic rings. The van der Waals surface area contributed by atoms with Crippen LogP contribution in [0.3, 0.4) is 0 Å². The first-order valence-corrected chi connectivity index (χ1v) is 7.68. The Hall–Kier alpha value is -2.08. The van der Waals surface area contributed by atoms with Crippen LogP contribution in [-0.2, 0) is 12.0 Å². The topological polar surface area (TPSA) is 68.7 Å². The molecular formula is C16H19NO4S. The van der Waals surface area contributed by atoms with E-state index in [1.165, 1.54) is 30.6 Å². The molecule has 1 heterocycles. The van der Waals surface area contributed by atoms with E-state index in [1.807, 2.05) is 5.38 Å². The van der Waals surface area contributed by atoms with Gasteiger partial charge in [0.25, 0.3) is 0 Å². The van der Waals surface area contributed by atoms with Crippen molar-refractivity contribution in [1.29, 1.82) is 0 Å². The van der Waals surface area contributed by atoms with Gasteiger partial charge in [0, 0.05) is 10.8 Å². The van der Waals surface area contributed by atoms with Gasteiger partial charge < -0.3 is 14.6 Å². The van der Waals surface area contributed by atoms with Crippen LogP contribution < -0.4 is 9.47 Å². The number of nitrogens with zero attached hydrogens (tertiary/aromatic N) is 1. The Morgan fingerprint density at radius 1 is 1.32 bits per heavy atom. The summed E-state index contributed by atoms with van der Waals surface area (Å²) >= 11 is 1.53. The summed E-state index contributed by atoms with van der Waals surface area (Å²) in [6.07, 6.45) is 0. The molecule has 1 aromatic carbocycles. The predicted octanol–water partition coefficient (Wildman–Crippen LogP) is 3.73. The highest BCUT2D eigenvalue weighted by Gasteiger charge is 2.18. The SMILES string of the molecule is COc1ccc(C(=O)O)cc1OCc1nc(C(C)(C)C)cs1. The monoisotopic (exact) mass is 321 g/mol. The van der Waals surface area contributed by atoms with Crippen molar-refractivity contribution in [1.82, 2.24) is 4.98 Å². The third-order valence-corrected chi connectivity index (χ3v) is 3.90. The summed E-state index contributed by atoms with van der Waals surface area (Å²) in [4.78, 5) is 15.6. The van der Waals surface area contributed by atoms with Crippen molar-refractivity contribution in [3.05, 3.63) is 39.8 Å². The van der Waals surface area contributed by atoms with Crippen LogP contribution in [0.1, 0.15) is 41.8 Å². The Morgan fingerprint density at radius 3 is 2.59 bits per heavy atom. The van der Waals surface area contributed by atoms with E-state index in [1.54, 1.807) is 6.07 Å². The van der Waals surface area contributed by atoms with Gasteiger partial charge in [0.1, 0.15) is 11.6 Å². The number of aromatic carboxylic acids is 1. The molecule has 0 radical (unpaired) electrons. The third kappa shape index (κ3) is 3.76. The quantitative estimate of drug-likeness (QED) is 0.909. The molecule has 0 aliphatic heterocycles. The summed E-state index contributed by atoms with van der Waals surface area (Å²) in [5.41, 5.74) is 1.17. The van der Waals surface area contributed by atoms with Gasteiger partial charge in [-0.15, -0.1) is 11.3 Å². The van der Waals surface area contributed by atoms with E-state index in [9.17, 15) is 4.79 Å². The highest BCUT2D eigenvalue weighted by Crippen LogP contribution is 2.30. The van der Waals surface area contributed by atoms with E-state index in [0.717, 1.165) is 10.7 Å². The minimum absolute atomic E-state index is 0.00430. The number of carbonyl (C=O) groups is 1. The molecule has 0 aliphatic carbocycles. The van der Waals surface area contributed by atoms with E-state index in [4.69, 9.17) is 14.6 Å². The summed E-state index contributed by atoms with van der Waals surface area (Å²) in [6, 6.07) is 4.52. The second-order valence-corrected chi connectivity index (χ2v) is 6.78. The molecule has 2 aromatic rings. The summed E-state index contributed by atoms with van der Waals surface area (Å²) in [5.74, 6) is -0.107. The lowest BCUT2D eigenvalue weighted by Crippen LogP contribution is -2.11. The number of benzene rings is 1. The van der Waals surface area contributed by atoms with Gasteiger partial charge in [0.05, 0.1) is 18.4 Å². The smallest absolute Gasteiger partial charge is 0.335 e. The molecule has 118 valence electrons. The van der Waals surface area contributed by atoms with Crippen LogP contribution in [-0.4, -0.2) is 23.2 Å². The van der Waals surface area contributed by atoms with Gasteiger partial charge >= 0.3 is 5.97 Å². The van der Waals surface area contributed by atoms with Crippen molar-refractivity contribution in [2.24, 2.45) is 0 Å². The Balaban J connectivity index is 2.15. The van der Waals surface area contributed by atoms with Gasteiger partial charge in [-0.3, -0.25) is 0 Å². The van der Waals surface area contributed by atoms with Crippen LogP contribution in [0.2, 0.25) is 0 Å². The Kier molecular flexibility index (Phi) is 4.71. The standard InChI is InChI=1S/C16H19NO4S/c1-16(2,3)13-9-22-14(17-13)8-21-12-7-10(15(18)19)5-6-11(12)20-4/h5-7,9H,8H2,1-4H3,(H,18,19). The van der Waals surface area contributed by atoms with E-state index < -0.39 is 5.97 Å². The van der Waals surface area contributed by atoms with Gasteiger partial charge in [-0.25, -0.2) is 9.78 Å². The van der Waals surface area contributed by atoms with Gasteiger partial charge in [-0.1, -0.05) is 20.8 Å². The normalized spacial score (nSPS) is 11.3. The molecule has 22 heavy (non-hydrogen) atoms. The summed E-state index contributed by atoms with van der Waals surface area (Å²) in [5, 5.41) is 11.9. The first-order valence-electron chi connectivity index (χ1n) is 6.80. The molecule has 1 aromatic heterocycles. The van der Waals surface area contributed by atoms with Gasteiger partial charge in [0.15, 0.2) is 11.5 Å². The molecule has 1 N–H and O–H groups in total. The van der Waals surface area contributed by atoms with Crippen LogP contribution in [0, 0.1) is 0 Å². The van der Waals surface area contributed by atoms with Crippen LogP contribution in [0.5, 0.6) is 11.5 Å². The van der Waals surface area contributed by atoms with Gasteiger partial charge in [-0.05, 0) is 18.2 Å². The van der Waals surface area contributed by atoms with Crippen molar-refractivity contribution in [2.45, 2.75) is 32.8 Å². The first-order chi connectivity index (χ1) is 10.3. The zero-order valence-electron chi connectivity index (χ0n) is 13.0. The maximum Gasteiger partial charge on any atom is 0.335 e. The number of hydrogen-bond donors (Lipinski definition) is 1. The Labute approximate surface area is 133 Å². The van der Waals surface area contributed by atoms with E-state index in [0.29, 0.717) is 11.5 Å². The number of carboxylic acids is 1. The van der Waals surface area contributed by atoms with Gasteiger partial charge in [-0.2, -0.15) is 0 Å². The van der Waals surface area contributed by atoms with E-state index in [2.05, 4.69) is 25.8 Å². The molecule has 0 fully saturated rings. The summed E-state index contributed by atoms with van der Waals surface area (Å²) < 4.78 is 10.9. The molecule has 0 amide bonds. The number of rotatable bonds is 5. The molecule has 0 saturated heterocycles. The predicted molar refractivity (Wildman–Crippen MR) is 85.1 cm³/mol. The average molecular weight is 321 g/mol. The fourth-order valence-corrected chi connectivity index (χ4v) is 2.72. The zero-order valence-corrected chi connectivity index (χ0v) is 13.9. The molecule has 5 nitrogen and oxygen atoms in total. The van der Waals surface area contributed by atoms with Crippen LogP contribution in [0.15, 0.2) is 23.6 Å². The molecule has 2 rings (SSSR count). The fourth-order valence-electron chi connectivity index (χ4n) is 1.78. The third-order valence-electron chi connectivity index (χ3n) is 3.08. The first kappa shape index (κ1) is 16.3. The van der Waals surface area contributed by atoms with Crippen LogP contribution in [0.4, 0.5) is 0 Å². The maximum absolute atomic E-state index is 11.0. The number of aromatic nitrogens is 1. The van der Waals surface area contributed by atoms with Crippen molar-refractivity contribution in [3.8, 4) is 11.5 Å². The number of hydrogen-bond acceptors (Lipinski definition) is 5. The van der Waals surface area contributed by atoms with Crippen molar-refractivity contribution < 1.29 is 19.4 Å². The number of carboxylic acid groups (broad SMARTS) is 1. The lowest BCUT2D eigenvalue weighted by molar-refractivity contribution is 0.0696. The highest BCUT2D eigenvalue weighted by molar-refractivity contribution is 7.09. The number of methoxy groups -OCH3 is 1. The van der Waals surface area contributed by atoms with Crippen molar-refractivity contribution in [3.63, 3.8) is 0 Å². The van der Waals surface area contributed by atoms with Crippen molar-refractivity contribution >= 4 is 17.3 Å². The molecule has 0 bridgehead atoms. The average Bonchev–Trinajstić information content (AvgIpc) is 2.93. The van der Waals surface area contributed by atoms with E-state index in [-0.39, 0.29) is 17.6 Å². The van der Waals surface area contributed by atoms with Gasteiger partial charge in [0.2, 0.25) is 0 Å². The molecule has 0 atom stereocenters. The highest BCUT2D eigenvalue weighted by atomic mass is 32.1. The zero-order chi connectivity index (χ0) is 16.3. The molecular weight excluding hydrogens is 302 g/mol. The molecule has 6 heteroatoms. The minimum Gasteiger partial charge on any atom is -0.493 e. The largest absolute Gasteiger partial charge is 0.493 e. The number of thiazole rings is 1. The number of ether oxygens (including phenoxy) is 2. The Morgan fingerprint density at radius 2 is 2.05 bits per heavy atom. The summed E-state index contributed by atoms with van der Waals surface area (Å²) in [7, 11) is 1.52. The lowest BCUT2D eigenvalue weighted by atomic mass is 9.93. The minimum atomic E-state index is -1.00. The van der Waals surface area contributed by atoms with Crippen molar-refractivity contribution in [2.75, 3.05) is 7.11 Å². The van der Waals surface area contributed by atoms with Crippen LogP contribution >= 0.6 is 11.3 Å². The Bertz CT molecular complexity index is 673. The molecule has 0 saturated carbocycles.